The number of nitrogens with one attached hydrogen (secondary N) is 3. The standard InChI is InChI=1S/C41H35ClFN3O5S2/c1-2-51-41(50)37-30-20-19-27(25-11-5-3-6-12-25)21-35(30)53-40(37)46-36(47)24-52-29-16-9-15-28(22-29)44-39(49)34(23-31-32(42)17-10-18-33(31)43)45-38(48)26-13-7-4-8-14-26/h3-18,22-23,27H,2,19-21,24H2,1H3,(H,44,49)(H,45,48)(H,46,47)/b34-23+. The van der Waals surface area contributed by atoms with Gasteiger partial charge >= 0.3 is 5.97 Å². The van der Waals surface area contributed by atoms with E-state index < -0.39 is 23.6 Å². The van der Waals surface area contributed by atoms with E-state index in [1.54, 1.807) is 61.5 Å². The van der Waals surface area contributed by atoms with Crippen LogP contribution < -0.4 is 16.0 Å². The minimum Gasteiger partial charge on any atom is -0.462 e. The molecule has 6 rings (SSSR count). The van der Waals surface area contributed by atoms with Crippen LogP contribution in [0, 0.1) is 5.82 Å². The molecule has 53 heavy (non-hydrogen) atoms. The molecule has 1 aromatic heterocycles. The first-order valence-corrected chi connectivity index (χ1v) is 19.1. The van der Waals surface area contributed by atoms with Crippen LogP contribution in [0.5, 0.6) is 0 Å². The van der Waals surface area contributed by atoms with Crippen molar-refractivity contribution in [3.63, 3.8) is 0 Å². The molecule has 270 valence electrons. The molecule has 4 aromatic carbocycles. The van der Waals surface area contributed by atoms with E-state index in [2.05, 4.69) is 28.1 Å². The van der Waals surface area contributed by atoms with Crippen molar-refractivity contribution in [2.45, 2.75) is 37.0 Å². The summed E-state index contributed by atoms with van der Waals surface area (Å²) >= 11 is 8.90. The largest absolute Gasteiger partial charge is 0.462 e. The summed E-state index contributed by atoms with van der Waals surface area (Å²) in [5.74, 6) is -2.34. The summed E-state index contributed by atoms with van der Waals surface area (Å²) in [4.78, 5) is 54.7. The van der Waals surface area contributed by atoms with Crippen molar-refractivity contribution in [1.29, 1.82) is 0 Å². The Bertz CT molecular complexity index is 2150. The number of thioether (sulfide) groups is 1. The summed E-state index contributed by atoms with van der Waals surface area (Å²) < 4.78 is 20.1. The molecule has 8 nitrogen and oxygen atoms in total. The SMILES string of the molecule is CCOC(=O)c1c(NC(=O)CSc2cccc(NC(=O)/C(=C\c3c(F)cccc3Cl)NC(=O)c3ccccc3)c2)sc2c1CCC(c1ccccc1)C2. The number of benzene rings is 4. The molecule has 12 heteroatoms. The Hall–Kier alpha value is -5.23. The van der Waals surface area contributed by atoms with Crippen LogP contribution in [0.2, 0.25) is 5.02 Å². The topological polar surface area (TPSA) is 114 Å². The number of amides is 3. The monoisotopic (exact) mass is 767 g/mol. The molecular weight excluding hydrogens is 733 g/mol. The lowest BCUT2D eigenvalue weighted by Gasteiger charge is -2.23. The first-order valence-electron chi connectivity index (χ1n) is 16.9. The van der Waals surface area contributed by atoms with Crippen molar-refractivity contribution in [2.75, 3.05) is 23.0 Å². The number of hydrogen-bond donors (Lipinski definition) is 3. The summed E-state index contributed by atoms with van der Waals surface area (Å²) in [6.45, 7) is 1.98. The van der Waals surface area contributed by atoms with Gasteiger partial charge in [0.2, 0.25) is 5.91 Å². The summed E-state index contributed by atoms with van der Waals surface area (Å²) in [6, 6.07) is 29.6. The molecule has 1 aliphatic carbocycles. The van der Waals surface area contributed by atoms with Gasteiger partial charge in [-0.3, -0.25) is 14.4 Å². The second-order valence-electron chi connectivity index (χ2n) is 12.1. The first kappa shape index (κ1) is 37.5. The van der Waals surface area contributed by atoms with E-state index in [0.29, 0.717) is 39.0 Å². The average Bonchev–Trinajstić information content (AvgIpc) is 3.53. The Morgan fingerprint density at radius 2 is 1.68 bits per heavy atom. The number of thiophene rings is 1. The number of anilines is 2. The molecule has 0 aliphatic heterocycles. The fraction of sp³-hybridized carbons (Fsp3) is 0.171. The van der Waals surface area contributed by atoms with E-state index in [-0.39, 0.29) is 34.6 Å². The number of rotatable bonds is 12. The van der Waals surface area contributed by atoms with Crippen molar-refractivity contribution >= 4 is 75.2 Å². The lowest BCUT2D eigenvalue weighted by atomic mass is 9.83. The number of hydrogen-bond acceptors (Lipinski definition) is 7. The molecule has 1 atom stereocenters. The lowest BCUT2D eigenvalue weighted by molar-refractivity contribution is -0.114. The Labute approximate surface area is 319 Å². The molecule has 0 bridgehead atoms. The highest BCUT2D eigenvalue weighted by molar-refractivity contribution is 8.00. The molecule has 5 aromatic rings. The van der Waals surface area contributed by atoms with Crippen LogP contribution in [0.25, 0.3) is 6.08 Å². The van der Waals surface area contributed by atoms with Crippen LogP contribution in [0.1, 0.15) is 61.5 Å². The Kier molecular flexibility index (Phi) is 12.4. The maximum Gasteiger partial charge on any atom is 0.341 e. The smallest absolute Gasteiger partial charge is 0.341 e. The minimum atomic E-state index is -0.712. The zero-order chi connectivity index (χ0) is 37.3. The zero-order valence-electron chi connectivity index (χ0n) is 28.6. The van der Waals surface area contributed by atoms with Crippen LogP contribution in [0.4, 0.5) is 15.1 Å². The third-order valence-electron chi connectivity index (χ3n) is 8.55. The van der Waals surface area contributed by atoms with Crippen LogP contribution in [0.15, 0.2) is 114 Å². The molecular formula is C41H35ClFN3O5S2. The predicted molar refractivity (Wildman–Crippen MR) is 209 cm³/mol. The van der Waals surface area contributed by atoms with Gasteiger partial charge in [0.15, 0.2) is 0 Å². The Morgan fingerprint density at radius 3 is 2.42 bits per heavy atom. The van der Waals surface area contributed by atoms with Crippen LogP contribution >= 0.6 is 34.7 Å². The van der Waals surface area contributed by atoms with Crippen molar-refractivity contribution in [3.05, 3.63) is 152 Å². The maximum absolute atomic E-state index is 14.7. The van der Waals surface area contributed by atoms with Gasteiger partial charge in [-0.2, -0.15) is 0 Å². The molecule has 3 amide bonds. The molecule has 0 radical (unpaired) electrons. The van der Waals surface area contributed by atoms with Gasteiger partial charge < -0.3 is 20.7 Å². The normalized spacial score (nSPS) is 13.8. The molecule has 1 unspecified atom stereocenters. The van der Waals surface area contributed by atoms with E-state index in [0.717, 1.165) is 23.3 Å². The predicted octanol–water partition coefficient (Wildman–Crippen LogP) is 9.13. The summed E-state index contributed by atoms with van der Waals surface area (Å²) in [6.07, 6.45) is 3.57. The van der Waals surface area contributed by atoms with Gasteiger partial charge in [-0.25, -0.2) is 9.18 Å². The van der Waals surface area contributed by atoms with Gasteiger partial charge in [-0.05, 0) is 91.8 Å². The van der Waals surface area contributed by atoms with Gasteiger partial charge in [0.1, 0.15) is 16.5 Å². The number of halogens is 2. The fourth-order valence-corrected chi connectivity index (χ4v) is 8.32. The van der Waals surface area contributed by atoms with Crippen molar-refractivity contribution in [1.82, 2.24) is 5.32 Å². The maximum atomic E-state index is 14.7. The molecule has 1 aliphatic rings. The van der Waals surface area contributed by atoms with Crippen molar-refractivity contribution in [3.8, 4) is 0 Å². The fourth-order valence-electron chi connectivity index (χ4n) is 6.01. The highest BCUT2D eigenvalue weighted by Crippen LogP contribution is 2.43. The van der Waals surface area contributed by atoms with Gasteiger partial charge in [-0.15, -0.1) is 23.1 Å². The highest BCUT2D eigenvalue weighted by atomic mass is 35.5. The van der Waals surface area contributed by atoms with Crippen molar-refractivity contribution < 1.29 is 28.3 Å². The average molecular weight is 768 g/mol. The lowest BCUT2D eigenvalue weighted by Crippen LogP contribution is -2.30. The van der Waals surface area contributed by atoms with Crippen LogP contribution in [0.3, 0.4) is 0 Å². The zero-order valence-corrected chi connectivity index (χ0v) is 31.0. The Morgan fingerprint density at radius 1 is 0.943 bits per heavy atom. The van der Waals surface area contributed by atoms with Gasteiger partial charge in [-0.1, -0.05) is 72.3 Å². The highest BCUT2D eigenvalue weighted by Gasteiger charge is 2.31. The second-order valence-corrected chi connectivity index (χ2v) is 14.7. The number of fused-ring (bicyclic) bond motifs is 1. The molecule has 1 heterocycles. The van der Waals surface area contributed by atoms with Crippen LogP contribution in [-0.4, -0.2) is 36.1 Å². The Balaban J connectivity index is 1.14. The third kappa shape index (κ3) is 9.42. The van der Waals surface area contributed by atoms with E-state index in [4.69, 9.17) is 16.3 Å². The molecule has 0 saturated carbocycles. The van der Waals surface area contributed by atoms with E-state index in [9.17, 15) is 23.6 Å². The summed E-state index contributed by atoms with van der Waals surface area (Å²) in [5.41, 5.74) is 3.02. The number of ether oxygens (including phenoxy) is 1. The van der Waals surface area contributed by atoms with Gasteiger partial charge in [0, 0.05) is 26.6 Å². The molecule has 0 saturated heterocycles. The number of esters is 1. The third-order valence-corrected chi connectivity index (χ3v) is 11.0. The quantitative estimate of drug-likeness (QED) is 0.0663. The summed E-state index contributed by atoms with van der Waals surface area (Å²) in [5, 5.41) is 8.84. The van der Waals surface area contributed by atoms with E-state index in [1.165, 1.54) is 52.9 Å². The first-order chi connectivity index (χ1) is 25.7. The van der Waals surface area contributed by atoms with E-state index in [1.807, 2.05) is 18.2 Å². The molecule has 3 N–H and O–H groups in total. The minimum absolute atomic E-state index is 0.0267. The van der Waals surface area contributed by atoms with E-state index >= 15 is 0 Å². The van der Waals surface area contributed by atoms with Crippen LogP contribution in [-0.2, 0) is 27.2 Å². The van der Waals surface area contributed by atoms with Gasteiger partial charge in [0.05, 0.1) is 22.9 Å². The number of carbonyl (C=O) groups is 4. The molecule has 0 spiro atoms. The summed E-state index contributed by atoms with van der Waals surface area (Å²) in [7, 11) is 0. The molecule has 0 fully saturated rings. The van der Waals surface area contributed by atoms with Crippen molar-refractivity contribution in [2.24, 2.45) is 0 Å². The second kappa shape index (κ2) is 17.5. The van der Waals surface area contributed by atoms with Gasteiger partial charge in [0.25, 0.3) is 11.8 Å². The number of carbonyl (C=O) groups excluding carboxylic acids is 4.